The molecule has 0 radical (unpaired) electrons. The number of ether oxygens (including phenoxy) is 2. The van der Waals surface area contributed by atoms with E-state index in [4.69, 9.17) is 15.2 Å². The van der Waals surface area contributed by atoms with Gasteiger partial charge in [0.05, 0.1) is 14.2 Å². The Morgan fingerprint density at radius 1 is 1.33 bits per heavy atom. The van der Waals surface area contributed by atoms with E-state index in [1.165, 1.54) is 0 Å². The topological polar surface area (TPSA) is 61.6 Å². The molecule has 0 heterocycles. The zero-order valence-corrected chi connectivity index (χ0v) is 8.95. The maximum Gasteiger partial charge on any atom is 0.217 e. The lowest BCUT2D eigenvalue weighted by Crippen LogP contribution is -2.11. The van der Waals surface area contributed by atoms with Crippen LogP contribution in [0, 0.1) is 0 Å². The van der Waals surface area contributed by atoms with E-state index < -0.39 is 0 Å². The van der Waals surface area contributed by atoms with Gasteiger partial charge in [-0.2, -0.15) is 0 Å². The Morgan fingerprint density at radius 3 is 2.60 bits per heavy atom. The summed E-state index contributed by atoms with van der Waals surface area (Å²) < 4.78 is 10.3. The van der Waals surface area contributed by atoms with Crippen molar-refractivity contribution in [2.75, 3.05) is 14.2 Å². The number of carbonyl (C=O) groups is 1. The van der Waals surface area contributed by atoms with Crippen LogP contribution >= 0.6 is 0 Å². The van der Waals surface area contributed by atoms with Crippen LogP contribution in [-0.2, 0) is 11.2 Å². The molecule has 0 saturated carbocycles. The van der Waals surface area contributed by atoms with Crippen molar-refractivity contribution < 1.29 is 14.3 Å². The lowest BCUT2D eigenvalue weighted by Gasteiger charge is -2.09. The van der Waals surface area contributed by atoms with Crippen molar-refractivity contribution in [3.05, 3.63) is 23.8 Å². The van der Waals surface area contributed by atoms with Gasteiger partial charge in [-0.25, -0.2) is 0 Å². The number of hydrogen-bond donors (Lipinski definition) is 1. The second kappa shape index (κ2) is 5.24. The highest BCUT2D eigenvalue weighted by atomic mass is 16.5. The Morgan fingerprint density at radius 2 is 2.07 bits per heavy atom. The summed E-state index contributed by atoms with van der Waals surface area (Å²) in [5.41, 5.74) is 6.02. The van der Waals surface area contributed by atoms with E-state index in [1.807, 2.05) is 18.2 Å². The van der Waals surface area contributed by atoms with Gasteiger partial charge in [0.25, 0.3) is 0 Å². The Labute approximate surface area is 89.0 Å². The van der Waals surface area contributed by atoms with Crippen molar-refractivity contribution in [1.29, 1.82) is 0 Å². The third-order valence-electron chi connectivity index (χ3n) is 2.13. The smallest absolute Gasteiger partial charge is 0.217 e. The molecule has 0 spiro atoms. The Balaban J connectivity index is 2.85. The van der Waals surface area contributed by atoms with E-state index in [0.717, 1.165) is 17.1 Å². The average molecular weight is 209 g/mol. The highest BCUT2D eigenvalue weighted by Crippen LogP contribution is 2.24. The predicted octanol–water partition coefficient (Wildman–Crippen LogP) is 1.12. The van der Waals surface area contributed by atoms with Gasteiger partial charge in [-0.3, -0.25) is 4.79 Å². The summed E-state index contributed by atoms with van der Waals surface area (Å²) in [6.45, 7) is 0. The molecule has 1 amide bonds. The minimum atomic E-state index is -0.320. The van der Waals surface area contributed by atoms with E-state index >= 15 is 0 Å². The van der Waals surface area contributed by atoms with Crippen LogP contribution in [0.5, 0.6) is 11.5 Å². The number of primary amides is 1. The average Bonchev–Trinajstić information content (AvgIpc) is 2.25. The summed E-state index contributed by atoms with van der Waals surface area (Å²) in [4.78, 5) is 10.7. The molecule has 0 aliphatic heterocycles. The monoisotopic (exact) mass is 209 g/mol. The first kappa shape index (κ1) is 11.4. The number of nitrogens with two attached hydrogens (primary N) is 1. The molecule has 0 aromatic heterocycles. The van der Waals surface area contributed by atoms with Gasteiger partial charge < -0.3 is 15.2 Å². The maximum atomic E-state index is 10.7. The number of hydrogen-bond acceptors (Lipinski definition) is 3. The molecular weight excluding hydrogens is 194 g/mol. The quantitative estimate of drug-likeness (QED) is 0.790. The molecule has 0 aliphatic carbocycles. The predicted molar refractivity (Wildman–Crippen MR) is 57.1 cm³/mol. The normalized spacial score (nSPS) is 9.73. The van der Waals surface area contributed by atoms with Gasteiger partial charge in [0.15, 0.2) is 0 Å². The third kappa shape index (κ3) is 3.16. The van der Waals surface area contributed by atoms with E-state index in [0.29, 0.717) is 12.8 Å². The van der Waals surface area contributed by atoms with Crippen molar-refractivity contribution in [2.24, 2.45) is 5.73 Å². The highest BCUT2D eigenvalue weighted by molar-refractivity contribution is 5.74. The molecule has 82 valence electrons. The third-order valence-corrected chi connectivity index (χ3v) is 2.13. The molecule has 0 fully saturated rings. The SMILES string of the molecule is COc1ccc(OC)c(CCC(N)=O)c1. The van der Waals surface area contributed by atoms with Gasteiger partial charge in [-0.05, 0) is 30.2 Å². The van der Waals surface area contributed by atoms with Crippen LogP contribution in [0.4, 0.5) is 0 Å². The molecule has 0 unspecified atom stereocenters. The van der Waals surface area contributed by atoms with Crippen molar-refractivity contribution >= 4 is 5.91 Å². The molecule has 1 rings (SSSR count). The van der Waals surface area contributed by atoms with Crippen LogP contribution in [0.15, 0.2) is 18.2 Å². The van der Waals surface area contributed by atoms with Crippen LogP contribution in [0.25, 0.3) is 0 Å². The second-order valence-electron chi connectivity index (χ2n) is 3.14. The van der Waals surface area contributed by atoms with Crippen LogP contribution in [0.1, 0.15) is 12.0 Å². The Kier molecular flexibility index (Phi) is 3.97. The first-order valence-corrected chi connectivity index (χ1v) is 4.66. The number of carbonyl (C=O) groups excluding carboxylic acids is 1. The summed E-state index contributed by atoms with van der Waals surface area (Å²) in [5.74, 6) is 1.17. The van der Waals surface area contributed by atoms with E-state index in [1.54, 1.807) is 14.2 Å². The lowest BCUT2D eigenvalue weighted by atomic mass is 10.1. The summed E-state index contributed by atoms with van der Waals surface area (Å²) >= 11 is 0. The Bertz CT molecular complexity index is 350. The van der Waals surface area contributed by atoms with Crippen LogP contribution in [-0.4, -0.2) is 20.1 Å². The number of aryl methyl sites for hydroxylation is 1. The first-order valence-electron chi connectivity index (χ1n) is 4.66. The van der Waals surface area contributed by atoms with Gasteiger partial charge in [0, 0.05) is 6.42 Å². The van der Waals surface area contributed by atoms with E-state index in [-0.39, 0.29) is 5.91 Å². The zero-order valence-electron chi connectivity index (χ0n) is 8.95. The standard InChI is InChI=1S/C11H15NO3/c1-14-9-4-5-10(15-2)8(7-9)3-6-11(12)13/h4-5,7H,3,6H2,1-2H3,(H2,12,13). The summed E-state index contributed by atoms with van der Waals surface area (Å²) in [6.07, 6.45) is 0.874. The molecule has 1 aromatic rings. The summed E-state index contributed by atoms with van der Waals surface area (Å²) in [7, 11) is 3.19. The summed E-state index contributed by atoms with van der Waals surface area (Å²) in [6, 6.07) is 5.48. The molecule has 0 aliphatic rings. The number of rotatable bonds is 5. The largest absolute Gasteiger partial charge is 0.497 e. The zero-order chi connectivity index (χ0) is 11.3. The number of benzene rings is 1. The molecule has 4 nitrogen and oxygen atoms in total. The fourth-order valence-electron chi connectivity index (χ4n) is 1.34. The van der Waals surface area contributed by atoms with Crippen LogP contribution < -0.4 is 15.2 Å². The molecule has 2 N–H and O–H groups in total. The van der Waals surface area contributed by atoms with Gasteiger partial charge in [0.2, 0.25) is 5.91 Å². The fraction of sp³-hybridized carbons (Fsp3) is 0.364. The molecule has 0 atom stereocenters. The molecule has 1 aromatic carbocycles. The van der Waals surface area contributed by atoms with Gasteiger partial charge in [0.1, 0.15) is 11.5 Å². The minimum absolute atomic E-state index is 0.309. The molecule has 4 heteroatoms. The molecular formula is C11H15NO3. The fourth-order valence-corrected chi connectivity index (χ4v) is 1.34. The number of methoxy groups -OCH3 is 2. The summed E-state index contributed by atoms with van der Waals surface area (Å²) in [5, 5.41) is 0. The van der Waals surface area contributed by atoms with E-state index in [2.05, 4.69) is 0 Å². The molecule has 0 saturated heterocycles. The Hall–Kier alpha value is -1.71. The second-order valence-corrected chi connectivity index (χ2v) is 3.14. The minimum Gasteiger partial charge on any atom is -0.497 e. The van der Waals surface area contributed by atoms with Crippen LogP contribution in [0.3, 0.4) is 0 Å². The number of amides is 1. The van der Waals surface area contributed by atoms with Crippen molar-refractivity contribution in [3.63, 3.8) is 0 Å². The van der Waals surface area contributed by atoms with Gasteiger partial charge in [-0.15, -0.1) is 0 Å². The first-order chi connectivity index (χ1) is 7.17. The lowest BCUT2D eigenvalue weighted by molar-refractivity contribution is -0.117. The highest BCUT2D eigenvalue weighted by Gasteiger charge is 2.06. The van der Waals surface area contributed by atoms with Crippen molar-refractivity contribution in [3.8, 4) is 11.5 Å². The maximum absolute atomic E-state index is 10.7. The van der Waals surface area contributed by atoms with Crippen molar-refractivity contribution in [2.45, 2.75) is 12.8 Å². The molecule has 0 bridgehead atoms. The van der Waals surface area contributed by atoms with E-state index in [9.17, 15) is 4.79 Å². The van der Waals surface area contributed by atoms with Crippen molar-refractivity contribution in [1.82, 2.24) is 0 Å². The van der Waals surface area contributed by atoms with Gasteiger partial charge in [-0.1, -0.05) is 0 Å². The molecule has 15 heavy (non-hydrogen) atoms. The van der Waals surface area contributed by atoms with Crippen LogP contribution in [0.2, 0.25) is 0 Å². The van der Waals surface area contributed by atoms with Gasteiger partial charge >= 0.3 is 0 Å².